The van der Waals surface area contributed by atoms with E-state index < -0.39 is 160 Å². The van der Waals surface area contributed by atoms with Gasteiger partial charge >= 0.3 is 53.7 Å². The van der Waals surface area contributed by atoms with Crippen LogP contribution in [0.3, 0.4) is 0 Å². The van der Waals surface area contributed by atoms with Crippen LogP contribution in [0.2, 0.25) is 0 Å². The molecule has 0 unspecified atom stereocenters. The first-order valence-electron chi connectivity index (χ1n) is 18.0. The van der Waals surface area contributed by atoms with Crippen LogP contribution in [0.4, 0.5) is 0 Å². The van der Waals surface area contributed by atoms with Crippen LogP contribution in [0.1, 0.15) is 62.3 Å². The summed E-state index contributed by atoms with van der Waals surface area (Å²) in [5, 5.41) is 10.5. The summed E-state index contributed by atoms with van der Waals surface area (Å²) in [5.74, 6) is -8.33. The summed E-state index contributed by atoms with van der Waals surface area (Å²) in [5.41, 5.74) is 0. The number of ether oxygens (including phenoxy) is 14. The summed E-state index contributed by atoms with van der Waals surface area (Å²) in [6.07, 6.45) is -23.9. The summed E-state index contributed by atoms with van der Waals surface area (Å²) >= 11 is 0. The van der Waals surface area contributed by atoms with Gasteiger partial charge in [0.05, 0.1) is 6.61 Å². The maximum atomic E-state index is 12.7. The molecule has 1 N–H and O–H groups in total. The predicted octanol–water partition coefficient (Wildman–Crippen LogP) is -1.80. The SMILES string of the molecule is CC(=O)OC[C@H]1O[C@@H](O[C@H]2[C@H](OC(C)=O)[C@@H](OC(C)=O)[C@H](O[C@@H]3CO[C@@H](O)[C@H](OC(C)=O)[C@H]3OC(C)=O)O[C@@H]2COC(C)=O)[C@H](OC(C)=O)[C@@H](OC(C)=O)[C@H]1OC(C)=O. The van der Waals surface area contributed by atoms with Crippen LogP contribution in [0.25, 0.3) is 0 Å². The molecule has 0 spiro atoms. The molecule has 3 aliphatic rings. The Balaban J connectivity index is 2.19. The summed E-state index contributed by atoms with van der Waals surface area (Å²) in [6.45, 7) is 7.13. The molecule has 332 valence electrons. The molecule has 0 bridgehead atoms. The second kappa shape index (κ2) is 21.8. The predicted molar refractivity (Wildman–Crippen MR) is 181 cm³/mol. The molecule has 0 saturated carbocycles. The highest BCUT2D eigenvalue weighted by atomic mass is 16.8. The Labute approximate surface area is 336 Å². The monoisotopic (exact) mass is 852 g/mol. The second-order valence-corrected chi connectivity index (χ2v) is 13.2. The van der Waals surface area contributed by atoms with E-state index in [1.54, 1.807) is 0 Å². The molecule has 3 rings (SSSR count). The summed E-state index contributed by atoms with van der Waals surface area (Å²) in [7, 11) is 0. The van der Waals surface area contributed by atoms with Crippen LogP contribution in [-0.4, -0.2) is 165 Å². The zero-order chi connectivity index (χ0) is 44.3. The van der Waals surface area contributed by atoms with Gasteiger partial charge in [0.2, 0.25) is 0 Å². The maximum absolute atomic E-state index is 12.7. The van der Waals surface area contributed by atoms with Crippen LogP contribution >= 0.6 is 0 Å². The average molecular weight is 853 g/mol. The summed E-state index contributed by atoms with van der Waals surface area (Å²) in [6, 6.07) is 0. The van der Waals surface area contributed by atoms with Gasteiger partial charge in [0.15, 0.2) is 61.6 Å². The minimum Gasteiger partial charge on any atom is -0.463 e. The number of esters is 9. The van der Waals surface area contributed by atoms with Gasteiger partial charge in [-0.15, -0.1) is 0 Å². The number of carbonyl (C=O) groups excluding carboxylic acids is 9. The van der Waals surface area contributed by atoms with Crippen LogP contribution in [0.5, 0.6) is 0 Å². The van der Waals surface area contributed by atoms with Crippen LogP contribution in [0, 0.1) is 0 Å². The molecule has 0 aromatic heterocycles. The molecular formula is C35H48O24. The normalized spacial score (nSPS) is 32.8. The van der Waals surface area contributed by atoms with Gasteiger partial charge in [-0.25, -0.2) is 0 Å². The van der Waals surface area contributed by atoms with Crippen molar-refractivity contribution in [3.63, 3.8) is 0 Å². The lowest BCUT2D eigenvalue weighted by molar-refractivity contribution is -0.372. The van der Waals surface area contributed by atoms with Gasteiger partial charge in [0.1, 0.15) is 37.6 Å². The molecule has 24 heteroatoms. The lowest BCUT2D eigenvalue weighted by Gasteiger charge is -2.49. The lowest BCUT2D eigenvalue weighted by atomic mass is 9.95. The Morgan fingerprint density at radius 3 is 1.19 bits per heavy atom. The van der Waals surface area contributed by atoms with E-state index in [1.165, 1.54) is 0 Å². The molecule has 3 fully saturated rings. The van der Waals surface area contributed by atoms with Crippen molar-refractivity contribution in [3.8, 4) is 0 Å². The zero-order valence-electron chi connectivity index (χ0n) is 33.5. The topological polar surface area (TPSA) is 303 Å². The number of hydrogen-bond donors (Lipinski definition) is 1. The van der Waals surface area contributed by atoms with Gasteiger partial charge < -0.3 is 71.4 Å². The minimum atomic E-state index is -1.93. The highest BCUT2D eigenvalue weighted by Gasteiger charge is 2.58. The van der Waals surface area contributed by atoms with Crippen molar-refractivity contribution in [3.05, 3.63) is 0 Å². The number of rotatable bonds is 15. The molecule has 3 heterocycles. The van der Waals surface area contributed by atoms with E-state index in [0.29, 0.717) is 0 Å². The molecule has 3 saturated heterocycles. The van der Waals surface area contributed by atoms with E-state index in [9.17, 15) is 48.3 Å². The molecule has 0 amide bonds. The van der Waals surface area contributed by atoms with Crippen LogP contribution in [-0.2, 0) is 109 Å². The zero-order valence-corrected chi connectivity index (χ0v) is 33.5. The molecule has 0 radical (unpaired) electrons. The molecule has 0 aromatic carbocycles. The number of carbonyl (C=O) groups is 9. The van der Waals surface area contributed by atoms with Gasteiger partial charge in [0, 0.05) is 62.3 Å². The maximum Gasteiger partial charge on any atom is 0.303 e. The fourth-order valence-corrected chi connectivity index (χ4v) is 6.28. The highest BCUT2D eigenvalue weighted by molar-refractivity contribution is 5.70. The van der Waals surface area contributed by atoms with E-state index in [1.807, 2.05) is 0 Å². The number of aliphatic hydroxyl groups is 1. The van der Waals surface area contributed by atoms with E-state index >= 15 is 0 Å². The molecule has 0 aromatic rings. The van der Waals surface area contributed by atoms with E-state index in [4.69, 9.17) is 66.3 Å². The lowest BCUT2D eigenvalue weighted by Crippen LogP contribution is -2.68. The first-order chi connectivity index (χ1) is 27.6. The molecule has 14 atom stereocenters. The van der Waals surface area contributed by atoms with Gasteiger partial charge in [-0.05, 0) is 0 Å². The Kier molecular flexibility index (Phi) is 17.9. The van der Waals surface area contributed by atoms with Crippen molar-refractivity contribution in [2.75, 3.05) is 19.8 Å². The van der Waals surface area contributed by atoms with Crippen molar-refractivity contribution in [2.24, 2.45) is 0 Å². The third kappa shape index (κ3) is 14.3. The van der Waals surface area contributed by atoms with Crippen LogP contribution < -0.4 is 0 Å². The fraction of sp³-hybridized carbons (Fsp3) is 0.743. The highest BCUT2D eigenvalue weighted by Crippen LogP contribution is 2.37. The Bertz CT molecular complexity index is 1560. The first kappa shape index (κ1) is 48.4. The van der Waals surface area contributed by atoms with E-state index in [-0.39, 0.29) is 0 Å². The average Bonchev–Trinajstić information content (AvgIpc) is 3.09. The second-order valence-electron chi connectivity index (χ2n) is 13.2. The molecule has 0 aliphatic carbocycles. The Morgan fingerprint density at radius 2 is 0.763 bits per heavy atom. The quantitative estimate of drug-likeness (QED) is 0.140. The van der Waals surface area contributed by atoms with Crippen molar-refractivity contribution < 1.29 is 115 Å². The third-order valence-electron chi connectivity index (χ3n) is 8.20. The van der Waals surface area contributed by atoms with Crippen LogP contribution in [0.15, 0.2) is 0 Å². The number of hydrogen-bond acceptors (Lipinski definition) is 24. The fourth-order valence-electron chi connectivity index (χ4n) is 6.28. The molecule has 24 nitrogen and oxygen atoms in total. The molecule has 59 heavy (non-hydrogen) atoms. The summed E-state index contributed by atoms with van der Waals surface area (Å²) in [4.78, 5) is 111. The van der Waals surface area contributed by atoms with Gasteiger partial charge in [-0.2, -0.15) is 0 Å². The van der Waals surface area contributed by atoms with Crippen molar-refractivity contribution in [1.29, 1.82) is 0 Å². The van der Waals surface area contributed by atoms with Crippen molar-refractivity contribution in [1.82, 2.24) is 0 Å². The largest absolute Gasteiger partial charge is 0.463 e. The number of aliphatic hydroxyl groups excluding tert-OH is 1. The Hall–Kier alpha value is -5.01. The minimum absolute atomic E-state index is 0.555. The van der Waals surface area contributed by atoms with Gasteiger partial charge in [-0.3, -0.25) is 43.2 Å². The van der Waals surface area contributed by atoms with Crippen molar-refractivity contribution in [2.45, 2.75) is 148 Å². The Morgan fingerprint density at radius 1 is 0.424 bits per heavy atom. The van der Waals surface area contributed by atoms with Gasteiger partial charge in [0.25, 0.3) is 0 Å². The van der Waals surface area contributed by atoms with Crippen molar-refractivity contribution >= 4 is 53.7 Å². The smallest absolute Gasteiger partial charge is 0.303 e. The van der Waals surface area contributed by atoms with Gasteiger partial charge in [-0.1, -0.05) is 0 Å². The molecule has 3 aliphatic heterocycles. The summed E-state index contributed by atoms with van der Waals surface area (Å²) < 4.78 is 78.3. The first-order valence-corrected chi connectivity index (χ1v) is 18.0. The third-order valence-corrected chi connectivity index (χ3v) is 8.20. The standard InChI is InChI=1S/C35H48O24/c1-13(36)46-10-22-25(49-15(3)38)28(51-17(5)40)32(55-21(9)44)35(58-22)59-26-23(11-47-14(2)37)56-34(31(54-20(8)43)29(26)52-18(6)41)57-24-12-48-33(45)30(53-19(7)42)27(24)50-16(4)39/h22-35,45H,10-12H2,1-9H3/t22-,23-,24-,25+,26-,27+,28+,29+,30-,31-,32-,33-,34+,35+/m1/s1. The van der Waals surface area contributed by atoms with E-state index in [2.05, 4.69) is 0 Å². The molecular weight excluding hydrogens is 804 g/mol. The van der Waals surface area contributed by atoms with E-state index in [0.717, 1.165) is 62.3 Å².